The zero-order valence-corrected chi connectivity index (χ0v) is 13.7. The second kappa shape index (κ2) is 10.1. The van der Waals surface area contributed by atoms with Gasteiger partial charge in [0.2, 0.25) is 5.96 Å². The van der Waals surface area contributed by atoms with Gasteiger partial charge in [-0.2, -0.15) is 4.99 Å². The Morgan fingerprint density at radius 2 is 1.77 bits per heavy atom. The number of rotatable bonds is 4. The molecule has 0 heterocycles. The van der Waals surface area contributed by atoms with Crippen molar-refractivity contribution in [2.45, 2.75) is 44.6 Å². The zero-order valence-electron chi connectivity index (χ0n) is 12.9. The van der Waals surface area contributed by atoms with E-state index in [2.05, 4.69) is 27.4 Å². The summed E-state index contributed by atoms with van der Waals surface area (Å²) in [7, 11) is 0. The van der Waals surface area contributed by atoms with Crippen LogP contribution in [0.5, 0.6) is 0 Å². The third kappa shape index (κ3) is 6.80. The van der Waals surface area contributed by atoms with Crippen LogP contribution in [0.2, 0.25) is 0 Å². The van der Waals surface area contributed by atoms with E-state index in [0.29, 0.717) is 18.5 Å². The van der Waals surface area contributed by atoms with Crippen LogP contribution in [0.4, 0.5) is 0 Å². The molecule has 22 heavy (non-hydrogen) atoms. The molecule has 1 saturated carbocycles. The van der Waals surface area contributed by atoms with Crippen LogP contribution in [0.15, 0.2) is 40.3 Å². The summed E-state index contributed by atoms with van der Waals surface area (Å²) >= 11 is 0. The van der Waals surface area contributed by atoms with Crippen molar-refractivity contribution in [3.05, 3.63) is 35.9 Å². The van der Waals surface area contributed by atoms with Gasteiger partial charge < -0.3 is 16.8 Å². The van der Waals surface area contributed by atoms with Gasteiger partial charge >= 0.3 is 0 Å². The summed E-state index contributed by atoms with van der Waals surface area (Å²) in [4.78, 5) is 8.62. The van der Waals surface area contributed by atoms with Gasteiger partial charge in [0.1, 0.15) is 0 Å². The normalized spacial score (nSPS) is 15.7. The van der Waals surface area contributed by atoms with Crippen LogP contribution >= 0.6 is 12.4 Å². The minimum absolute atomic E-state index is 0. The lowest BCUT2D eigenvalue weighted by atomic mass is 9.96. The van der Waals surface area contributed by atoms with Crippen molar-refractivity contribution >= 4 is 24.3 Å². The molecule has 1 aliphatic carbocycles. The molecule has 2 rings (SSSR count). The molecule has 5 nitrogen and oxygen atoms in total. The molecule has 5 N–H and O–H groups in total. The van der Waals surface area contributed by atoms with Crippen LogP contribution in [0, 0.1) is 0 Å². The topological polar surface area (TPSA) is 88.8 Å². The van der Waals surface area contributed by atoms with E-state index in [9.17, 15) is 0 Å². The number of nitrogens with zero attached hydrogens (tertiary/aromatic N) is 2. The maximum Gasteiger partial charge on any atom is 0.221 e. The highest BCUT2D eigenvalue weighted by molar-refractivity contribution is 5.93. The van der Waals surface area contributed by atoms with Crippen LogP contribution in [-0.4, -0.2) is 24.5 Å². The highest BCUT2D eigenvalue weighted by atomic mass is 35.5. The fourth-order valence-corrected chi connectivity index (χ4v) is 2.60. The number of guanidine groups is 2. The zero-order chi connectivity index (χ0) is 14.9. The Morgan fingerprint density at radius 1 is 1.09 bits per heavy atom. The van der Waals surface area contributed by atoms with E-state index in [1.807, 2.05) is 18.2 Å². The molecule has 0 saturated heterocycles. The molecule has 1 aromatic rings. The lowest BCUT2D eigenvalue weighted by molar-refractivity contribution is 0.412. The number of aliphatic imine (C=N–C) groups is 2. The van der Waals surface area contributed by atoms with Gasteiger partial charge in [0.05, 0.1) is 0 Å². The Kier molecular flexibility index (Phi) is 8.36. The molecule has 0 spiro atoms. The smallest absolute Gasteiger partial charge is 0.221 e. The van der Waals surface area contributed by atoms with Gasteiger partial charge in [-0.3, -0.25) is 4.99 Å². The Morgan fingerprint density at radius 3 is 2.41 bits per heavy atom. The predicted octanol–water partition coefficient (Wildman–Crippen LogP) is 2.20. The molecule has 122 valence electrons. The molecule has 0 radical (unpaired) electrons. The molecule has 0 atom stereocenters. The Hall–Kier alpha value is -1.75. The summed E-state index contributed by atoms with van der Waals surface area (Å²) in [6, 6.07) is 10.7. The highest BCUT2D eigenvalue weighted by Gasteiger charge is 2.14. The molecular weight excluding hydrogens is 298 g/mol. The maximum atomic E-state index is 5.49. The second-order valence-corrected chi connectivity index (χ2v) is 5.46. The Labute approximate surface area is 138 Å². The van der Waals surface area contributed by atoms with Gasteiger partial charge in [-0.25, -0.2) is 0 Å². The largest absolute Gasteiger partial charge is 0.370 e. The van der Waals surface area contributed by atoms with Gasteiger partial charge in [0, 0.05) is 12.6 Å². The first kappa shape index (κ1) is 18.3. The average Bonchev–Trinajstić information content (AvgIpc) is 2.49. The SMILES string of the molecule is Cl.NC(N)=NC(=NCCc1ccccc1)NC1CCCCC1. The molecule has 1 aromatic carbocycles. The van der Waals surface area contributed by atoms with E-state index in [1.54, 1.807) is 0 Å². The predicted molar refractivity (Wildman–Crippen MR) is 95.5 cm³/mol. The second-order valence-electron chi connectivity index (χ2n) is 5.46. The van der Waals surface area contributed by atoms with Gasteiger partial charge in [-0.15, -0.1) is 12.4 Å². The fourth-order valence-electron chi connectivity index (χ4n) is 2.60. The summed E-state index contributed by atoms with van der Waals surface area (Å²) in [6.45, 7) is 0.676. The summed E-state index contributed by atoms with van der Waals surface area (Å²) in [5.41, 5.74) is 12.2. The lowest BCUT2D eigenvalue weighted by Crippen LogP contribution is -2.37. The molecule has 0 amide bonds. The summed E-state index contributed by atoms with van der Waals surface area (Å²) in [5, 5.41) is 3.38. The molecule has 0 bridgehead atoms. The summed E-state index contributed by atoms with van der Waals surface area (Å²) in [6.07, 6.45) is 7.06. The van der Waals surface area contributed by atoms with Crippen molar-refractivity contribution in [2.75, 3.05) is 6.54 Å². The number of nitrogens with two attached hydrogens (primary N) is 2. The summed E-state index contributed by atoms with van der Waals surface area (Å²) in [5.74, 6) is 0.620. The van der Waals surface area contributed by atoms with Crippen molar-refractivity contribution in [3.63, 3.8) is 0 Å². The van der Waals surface area contributed by atoms with E-state index in [1.165, 1.54) is 24.8 Å². The maximum absolute atomic E-state index is 5.49. The lowest BCUT2D eigenvalue weighted by Gasteiger charge is -2.23. The van der Waals surface area contributed by atoms with Crippen molar-refractivity contribution < 1.29 is 0 Å². The van der Waals surface area contributed by atoms with Crippen LogP contribution in [0.1, 0.15) is 37.7 Å². The minimum atomic E-state index is 0. The molecular formula is C16H26ClN5. The standard InChI is InChI=1S/C16H25N5.ClH/c17-15(18)21-16(20-14-9-5-2-6-10-14)19-12-11-13-7-3-1-4-8-13;/h1,3-4,7-8,14H,2,5-6,9-12H2,(H5,17,18,19,20,21);1H. The van der Waals surface area contributed by atoms with E-state index in [0.717, 1.165) is 19.3 Å². The first-order valence-corrected chi connectivity index (χ1v) is 7.68. The van der Waals surface area contributed by atoms with Crippen molar-refractivity contribution in [1.29, 1.82) is 0 Å². The van der Waals surface area contributed by atoms with Crippen LogP contribution in [-0.2, 0) is 6.42 Å². The number of halogens is 1. The van der Waals surface area contributed by atoms with Crippen molar-refractivity contribution in [2.24, 2.45) is 21.5 Å². The summed E-state index contributed by atoms with van der Waals surface area (Å²) < 4.78 is 0. The minimum Gasteiger partial charge on any atom is -0.370 e. The van der Waals surface area contributed by atoms with E-state index < -0.39 is 0 Å². The first-order valence-electron chi connectivity index (χ1n) is 7.68. The number of benzene rings is 1. The fraction of sp³-hybridized carbons (Fsp3) is 0.500. The monoisotopic (exact) mass is 323 g/mol. The van der Waals surface area contributed by atoms with Crippen molar-refractivity contribution in [3.8, 4) is 0 Å². The molecule has 0 unspecified atom stereocenters. The number of hydrogen-bond donors (Lipinski definition) is 3. The highest BCUT2D eigenvalue weighted by Crippen LogP contribution is 2.17. The molecule has 0 aromatic heterocycles. The van der Waals surface area contributed by atoms with Crippen LogP contribution in [0.25, 0.3) is 0 Å². The quantitative estimate of drug-likeness (QED) is 0.586. The molecule has 1 aliphatic rings. The van der Waals surface area contributed by atoms with E-state index >= 15 is 0 Å². The van der Waals surface area contributed by atoms with E-state index in [4.69, 9.17) is 11.5 Å². The van der Waals surface area contributed by atoms with Gasteiger partial charge in [-0.1, -0.05) is 49.6 Å². The average molecular weight is 324 g/mol. The third-order valence-corrected chi connectivity index (χ3v) is 3.68. The molecule has 6 heteroatoms. The van der Waals surface area contributed by atoms with E-state index in [-0.39, 0.29) is 18.4 Å². The Bertz CT molecular complexity index is 477. The first-order chi connectivity index (χ1) is 10.2. The van der Waals surface area contributed by atoms with Crippen LogP contribution in [0.3, 0.4) is 0 Å². The van der Waals surface area contributed by atoms with Gasteiger partial charge in [0.25, 0.3) is 0 Å². The number of nitrogens with one attached hydrogen (secondary N) is 1. The third-order valence-electron chi connectivity index (χ3n) is 3.68. The molecule has 1 fully saturated rings. The Balaban J connectivity index is 0.00000242. The van der Waals surface area contributed by atoms with Crippen molar-refractivity contribution in [1.82, 2.24) is 5.32 Å². The molecule has 0 aliphatic heterocycles. The van der Waals surface area contributed by atoms with Gasteiger partial charge in [0.15, 0.2) is 5.96 Å². The van der Waals surface area contributed by atoms with Gasteiger partial charge in [-0.05, 0) is 24.8 Å². The number of hydrogen-bond acceptors (Lipinski definition) is 1. The van der Waals surface area contributed by atoms with Crippen LogP contribution < -0.4 is 16.8 Å².